The number of H-pyrrole nitrogens is 1. The van der Waals surface area contributed by atoms with Crippen molar-refractivity contribution in [3.8, 4) is 0 Å². The number of nitrogens with zero attached hydrogens (tertiary/aromatic N) is 3. The van der Waals surface area contributed by atoms with Gasteiger partial charge in [0.1, 0.15) is 0 Å². The fourth-order valence-electron chi connectivity index (χ4n) is 8.87. The smallest absolute Gasteiger partial charge is 0.0880 e. The van der Waals surface area contributed by atoms with Gasteiger partial charge in [0.2, 0.25) is 0 Å². The van der Waals surface area contributed by atoms with Crippen LogP contribution < -0.4 is 0 Å². The molecule has 2 spiro atoms. The molecule has 0 amide bonds. The van der Waals surface area contributed by atoms with Gasteiger partial charge in [-0.25, -0.2) is 0 Å². The van der Waals surface area contributed by atoms with Crippen LogP contribution in [0.3, 0.4) is 0 Å². The molecule has 1 N–H and O–H groups in total. The summed E-state index contributed by atoms with van der Waals surface area (Å²) in [5.74, 6) is 0. The molecule has 8 rings (SSSR count). The molecule has 0 atom stereocenters. The minimum atomic E-state index is 0.0411. The number of nitrogens with one attached hydrogen (secondary N) is 1. The molecule has 56 heavy (non-hydrogen) atoms. The van der Waals surface area contributed by atoms with E-state index in [4.69, 9.17) is 24.0 Å². The van der Waals surface area contributed by atoms with Crippen LogP contribution in [-0.2, 0) is 64.4 Å². The zero-order chi connectivity index (χ0) is 39.1. The maximum absolute atomic E-state index is 6.08. The van der Waals surface area contributed by atoms with Crippen LogP contribution in [-0.4, -0.2) is 59.6 Å². The Morgan fingerprint density at radius 3 is 1.77 bits per heavy atom. The normalized spacial score (nSPS) is 18.4. The van der Waals surface area contributed by atoms with Crippen molar-refractivity contribution in [3.63, 3.8) is 0 Å². The molecule has 2 fully saturated rings. The molecule has 4 heterocycles. The molecule has 2 aliphatic carbocycles. The number of benzene rings is 2. The molecule has 2 saturated heterocycles. The lowest BCUT2D eigenvalue weighted by molar-refractivity contribution is 0.0366. The number of aryl methyl sites for hydroxylation is 1. The van der Waals surface area contributed by atoms with Gasteiger partial charge in [-0.3, -0.25) is 9.78 Å². The first-order valence-corrected chi connectivity index (χ1v) is 21.0. The Labute approximate surface area is 335 Å². The maximum Gasteiger partial charge on any atom is 0.0880 e. The van der Waals surface area contributed by atoms with Gasteiger partial charge < -0.3 is 18.9 Å². The predicted molar refractivity (Wildman–Crippen MR) is 224 cm³/mol. The van der Waals surface area contributed by atoms with Crippen molar-refractivity contribution in [2.45, 2.75) is 106 Å². The molecular formula is C48H64N4O4. The molecule has 0 unspecified atom stereocenters. The minimum Gasteiger partial charge on any atom is -0.381 e. The number of allylic oxidation sites excluding steroid dienone is 2. The number of aromatic nitrogens is 4. The van der Waals surface area contributed by atoms with Gasteiger partial charge in [0.25, 0.3) is 0 Å². The molecule has 2 aliphatic heterocycles. The molecule has 4 aliphatic rings. The van der Waals surface area contributed by atoms with E-state index in [0.717, 1.165) is 103 Å². The first-order valence-electron chi connectivity index (χ1n) is 21.0. The summed E-state index contributed by atoms with van der Waals surface area (Å²) in [6.07, 6.45) is 17.8. The number of aromatic amines is 1. The zero-order valence-electron chi connectivity index (χ0n) is 34.6. The van der Waals surface area contributed by atoms with Crippen molar-refractivity contribution in [2.75, 3.05) is 39.6 Å². The van der Waals surface area contributed by atoms with Crippen molar-refractivity contribution >= 4 is 12.2 Å². The van der Waals surface area contributed by atoms with E-state index in [1.807, 2.05) is 12.1 Å². The summed E-state index contributed by atoms with van der Waals surface area (Å²) in [5.41, 5.74) is 10.9. The highest BCUT2D eigenvalue weighted by atomic mass is 16.5. The van der Waals surface area contributed by atoms with Crippen molar-refractivity contribution in [1.82, 2.24) is 20.0 Å². The number of ether oxygens (including phenoxy) is 4. The Balaban J connectivity index is 0.000000172. The highest BCUT2D eigenvalue weighted by Gasteiger charge is 2.38. The van der Waals surface area contributed by atoms with Gasteiger partial charge in [-0.15, -0.1) is 0 Å². The molecule has 2 aromatic carbocycles. The number of hydrogen-bond acceptors (Lipinski definition) is 6. The summed E-state index contributed by atoms with van der Waals surface area (Å²) in [5, 5.41) is 12.9. The van der Waals surface area contributed by atoms with Crippen molar-refractivity contribution in [3.05, 3.63) is 118 Å². The van der Waals surface area contributed by atoms with Gasteiger partial charge in [0.15, 0.2) is 0 Å². The summed E-state index contributed by atoms with van der Waals surface area (Å²) in [6.45, 7) is 18.5. The standard InChI is InChI=1S/C25H34N2O2.C23H30N2O2/c1-4-27-23-10-11-25(12-14-28-15-13-25)16-21(23)22(26-27)17-24(2,3)19-29-18-20-8-6-5-7-9-20;1-22(2,17-27-16-18-6-4-3-5-7-18)15-21-19-14-23(10-12-26-13-11-23)9-8-20(19)24-25-21/h5-11H,4,12-19H2,1-3H3;3-9H,10-17H2,1-2H3,(H,24,25). The van der Waals surface area contributed by atoms with Gasteiger partial charge in [0.05, 0.1) is 43.5 Å². The van der Waals surface area contributed by atoms with E-state index in [1.54, 1.807) is 0 Å². The summed E-state index contributed by atoms with van der Waals surface area (Å²) >= 11 is 0. The summed E-state index contributed by atoms with van der Waals surface area (Å²) < 4.78 is 25.5. The summed E-state index contributed by atoms with van der Waals surface area (Å²) in [4.78, 5) is 0. The molecule has 0 saturated carbocycles. The third-order valence-electron chi connectivity index (χ3n) is 12.2. The van der Waals surface area contributed by atoms with Gasteiger partial charge >= 0.3 is 0 Å². The number of fused-ring (bicyclic) bond motifs is 2. The zero-order valence-corrected chi connectivity index (χ0v) is 34.6. The molecule has 0 bridgehead atoms. The largest absolute Gasteiger partial charge is 0.381 e. The SMILES string of the molecule is CC(C)(COCc1ccccc1)Cc1[nH]nc2c1CC1(C=C2)CCOCC1.CCn1nc(CC(C)(C)COCc2ccccc2)c2c1C=CC1(CCOCC1)C2. The molecule has 8 nitrogen and oxygen atoms in total. The van der Waals surface area contributed by atoms with Gasteiger partial charge in [0, 0.05) is 49.8 Å². The van der Waals surface area contributed by atoms with Crippen LogP contribution in [0, 0.1) is 21.7 Å². The molecule has 2 aromatic heterocycles. The molecule has 4 aromatic rings. The van der Waals surface area contributed by atoms with Gasteiger partial charge in [-0.05, 0) is 103 Å². The van der Waals surface area contributed by atoms with E-state index in [-0.39, 0.29) is 21.7 Å². The van der Waals surface area contributed by atoms with Crippen molar-refractivity contribution in [2.24, 2.45) is 21.7 Å². The molecule has 300 valence electrons. The predicted octanol–water partition coefficient (Wildman–Crippen LogP) is 9.62. The van der Waals surface area contributed by atoms with Crippen LogP contribution in [0.1, 0.15) is 105 Å². The average Bonchev–Trinajstić information content (AvgIpc) is 3.74. The van der Waals surface area contributed by atoms with Crippen LogP contribution in [0.5, 0.6) is 0 Å². The lowest BCUT2D eigenvalue weighted by Crippen LogP contribution is -2.32. The first kappa shape index (κ1) is 40.4. The monoisotopic (exact) mass is 760 g/mol. The van der Waals surface area contributed by atoms with Crippen LogP contribution in [0.4, 0.5) is 0 Å². The second-order valence-electron chi connectivity index (χ2n) is 18.3. The molecule has 0 radical (unpaired) electrons. The third kappa shape index (κ3) is 10.2. The lowest BCUT2D eigenvalue weighted by Gasteiger charge is -2.37. The topological polar surface area (TPSA) is 83.4 Å². The first-order chi connectivity index (χ1) is 27.1. The van der Waals surface area contributed by atoms with Crippen LogP contribution >= 0.6 is 0 Å². The highest BCUT2D eigenvalue weighted by molar-refractivity contribution is 5.57. The van der Waals surface area contributed by atoms with Crippen molar-refractivity contribution in [1.29, 1.82) is 0 Å². The maximum atomic E-state index is 6.08. The van der Waals surface area contributed by atoms with Crippen LogP contribution in [0.25, 0.3) is 12.2 Å². The quantitative estimate of drug-likeness (QED) is 0.146. The number of rotatable bonds is 13. The summed E-state index contributed by atoms with van der Waals surface area (Å²) in [7, 11) is 0. The molecule has 8 heteroatoms. The van der Waals surface area contributed by atoms with Crippen LogP contribution in [0.2, 0.25) is 0 Å². The van der Waals surface area contributed by atoms with Gasteiger partial charge in [-0.2, -0.15) is 10.2 Å². The van der Waals surface area contributed by atoms with E-state index >= 15 is 0 Å². The Bertz CT molecular complexity index is 1910. The lowest BCUT2D eigenvalue weighted by atomic mass is 9.71. The molecular weight excluding hydrogens is 697 g/mol. The highest BCUT2D eigenvalue weighted by Crippen LogP contribution is 2.43. The van der Waals surface area contributed by atoms with E-state index in [1.165, 1.54) is 39.3 Å². The van der Waals surface area contributed by atoms with E-state index < -0.39 is 0 Å². The minimum absolute atomic E-state index is 0.0411. The Morgan fingerprint density at radius 1 is 0.696 bits per heavy atom. The third-order valence-corrected chi connectivity index (χ3v) is 12.2. The average molecular weight is 761 g/mol. The fraction of sp³-hybridized carbons (Fsp3) is 0.542. The Morgan fingerprint density at radius 2 is 1.21 bits per heavy atom. The van der Waals surface area contributed by atoms with Crippen molar-refractivity contribution < 1.29 is 18.9 Å². The fourth-order valence-corrected chi connectivity index (χ4v) is 8.87. The van der Waals surface area contributed by atoms with E-state index in [0.29, 0.717) is 13.2 Å². The van der Waals surface area contributed by atoms with Gasteiger partial charge in [-0.1, -0.05) is 101 Å². The second kappa shape index (κ2) is 17.8. The van der Waals surface area contributed by atoms with E-state index in [9.17, 15) is 0 Å². The van der Waals surface area contributed by atoms with E-state index in [2.05, 4.69) is 122 Å². The Hall–Kier alpha value is -3.82. The number of hydrogen-bond donors (Lipinski definition) is 1. The van der Waals surface area contributed by atoms with Crippen LogP contribution in [0.15, 0.2) is 72.8 Å². The Kier molecular flexibility index (Phi) is 12.8. The summed E-state index contributed by atoms with van der Waals surface area (Å²) in [6, 6.07) is 20.8. The second-order valence-corrected chi connectivity index (χ2v) is 18.3.